The van der Waals surface area contributed by atoms with Gasteiger partial charge in [0, 0.05) is 27.6 Å². The highest BCUT2D eigenvalue weighted by molar-refractivity contribution is 6.03. The number of hydrogen-bond acceptors (Lipinski definition) is 4. The van der Waals surface area contributed by atoms with Gasteiger partial charge in [0.1, 0.15) is 0 Å². The smallest absolute Gasteiger partial charge is 0.164 e. The minimum absolute atomic E-state index is 0.552. The molecular weight excluding hydrogens is 789 g/mol. The number of benzene rings is 9. The summed E-state index contributed by atoms with van der Waals surface area (Å²) in [7, 11) is 0. The number of fused-ring (bicyclic) bond motifs is 4. The van der Waals surface area contributed by atoms with E-state index in [9.17, 15) is 0 Å². The van der Waals surface area contributed by atoms with E-state index in [2.05, 4.69) is 182 Å². The fraction of sp³-hybridized carbons (Fsp3) is 0.0164. The molecule has 11 aromatic rings. The zero-order chi connectivity index (χ0) is 43.2. The third kappa shape index (κ3) is 6.63. The van der Waals surface area contributed by atoms with Gasteiger partial charge in [-0.05, 0) is 79.9 Å². The van der Waals surface area contributed by atoms with E-state index in [0.29, 0.717) is 17.5 Å². The van der Waals surface area contributed by atoms with Gasteiger partial charge in [-0.3, -0.25) is 0 Å². The summed E-state index contributed by atoms with van der Waals surface area (Å²) in [4.78, 5) is 20.7. The van der Waals surface area contributed by atoms with Gasteiger partial charge in [0.25, 0.3) is 0 Å². The zero-order valence-electron chi connectivity index (χ0n) is 35.4. The first-order valence-electron chi connectivity index (χ1n) is 22.0. The van der Waals surface area contributed by atoms with E-state index in [0.717, 1.165) is 55.5 Å². The first kappa shape index (κ1) is 38.1. The van der Waals surface area contributed by atoms with Gasteiger partial charge in [0.2, 0.25) is 0 Å². The van der Waals surface area contributed by atoms with Crippen LogP contribution >= 0.6 is 0 Å². The van der Waals surface area contributed by atoms with Crippen LogP contribution in [0.15, 0.2) is 243 Å². The first-order chi connectivity index (χ1) is 32.2. The van der Waals surface area contributed by atoms with Crippen molar-refractivity contribution in [2.75, 3.05) is 0 Å². The maximum Gasteiger partial charge on any atom is 0.164 e. The van der Waals surface area contributed by atoms with Crippen molar-refractivity contribution in [3.63, 3.8) is 0 Å². The van der Waals surface area contributed by atoms with Crippen LogP contribution in [0.2, 0.25) is 0 Å². The molecule has 0 unspecified atom stereocenters. The second-order valence-corrected chi connectivity index (χ2v) is 16.6. The van der Waals surface area contributed by atoms with Crippen molar-refractivity contribution in [3.8, 4) is 78.8 Å². The SMILES string of the molecule is c1ccc(-c2ccc(-c3cc(-c4cccc(-c5nc(-c6ccccc6)nc(-c6ccccc6)n5)c4)c4cc5c(cc4n3)C(c3ccccc3)(c3ccccc3)c3ccccc3-5)cc2)cc1. The molecule has 4 nitrogen and oxygen atoms in total. The van der Waals surface area contributed by atoms with Gasteiger partial charge in [-0.25, -0.2) is 19.9 Å². The molecule has 0 bridgehead atoms. The molecule has 1 aliphatic carbocycles. The van der Waals surface area contributed by atoms with Crippen LogP contribution in [0.3, 0.4) is 0 Å². The molecule has 9 aromatic carbocycles. The lowest BCUT2D eigenvalue weighted by atomic mass is 9.67. The van der Waals surface area contributed by atoms with E-state index in [1.807, 2.05) is 60.7 Å². The van der Waals surface area contributed by atoms with Crippen LogP contribution in [0.25, 0.3) is 89.7 Å². The molecule has 4 heteroatoms. The maximum absolute atomic E-state index is 5.57. The predicted octanol–water partition coefficient (Wildman–Crippen LogP) is 14.8. The maximum atomic E-state index is 5.57. The number of nitrogens with zero attached hydrogens (tertiary/aromatic N) is 4. The van der Waals surface area contributed by atoms with Crippen LogP contribution in [0.5, 0.6) is 0 Å². The van der Waals surface area contributed by atoms with Crippen LogP contribution in [-0.2, 0) is 5.41 Å². The summed E-state index contributed by atoms with van der Waals surface area (Å²) < 4.78 is 0. The molecule has 0 fully saturated rings. The van der Waals surface area contributed by atoms with E-state index in [1.165, 1.54) is 38.9 Å². The van der Waals surface area contributed by atoms with E-state index < -0.39 is 5.41 Å². The molecule has 12 rings (SSSR count). The minimum Gasteiger partial charge on any atom is -0.248 e. The molecule has 0 radical (unpaired) electrons. The minimum atomic E-state index is -0.552. The average molecular weight is 829 g/mol. The van der Waals surface area contributed by atoms with Gasteiger partial charge in [0.05, 0.1) is 16.6 Å². The van der Waals surface area contributed by atoms with Crippen LogP contribution in [0.4, 0.5) is 0 Å². The van der Waals surface area contributed by atoms with Crippen molar-refractivity contribution in [2.24, 2.45) is 0 Å². The molecule has 1 aliphatic rings. The molecular formula is C61H40N4. The zero-order valence-corrected chi connectivity index (χ0v) is 35.4. The molecule has 2 heterocycles. The van der Waals surface area contributed by atoms with Crippen molar-refractivity contribution < 1.29 is 0 Å². The van der Waals surface area contributed by atoms with E-state index >= 15 is 0 Å². The lowest BCUT2D eigenvalue weighted by Crippen LogP contribution is -2.28. The molecule has 0 atom stereocenters. The van der Waals surface area contributed by atoms with Gasteiger partial charge >= 0.3 is 0 Å². The summed E-state index contributed by atoms with van der Waals surface area (Å²) in [5, 5.41) is 1.07. The van der Waals surface area contributed by atoms with Crippen molar-refractivity contribution in [2.45, 2.75) is 5.41 Å². The highest BCUT2D eigenvalue weighted by Gasteiger charge is 2.46. The third-order valence-corrected chi connectivity index (χ3v) is 12.8. The molecule has 0 N–H and O–H groups in total. The van der Waals surface area contributed by atoms with Crippen LogP contribution in [0.1, 0.15) is 22.3 Å². The summed E-state index contributed by atoms with van der Waals surface area (Å²) in [6.07, 6.45) is 0. The number of pyridine rings is 1. The quantitative estimate of drug-likeness (QED) is 0.153. The first-order valence-corrected chi connectivity index (χ1v) is 22.0. The normalized spacial score (nSPS) is 12.4. The molecule has 0 saturated heterocycles. The highest BCUT2D eigenvalue weighted by Crippen LogP contribution is 2.57. The Morgan fingerprint density at radius 1 is 0.262 bits per heavy atom. The molecule has 0 spiro atoms. The van der Waals surface area contributed by atoms with Gasteiger partial charge in [-0.2, -0.15) is 0 Å². The van der Waals surface area contributed by atoms with Crippen molar-refractivity contribution in [1.82, 2.24) is 19.9 Å². The lowest BCUT2D eigenvalue weighted by Gasteiger charge is -2.34. The van der Waals surface area contributed by atoms with E-state index in [1.54, 1.807) is 0 Å². The average Bonchev–Trinajstić information content (AvgIpc) is 3.68. The molecule has 2 aromatic heterocycles. The highest BCUT2D eigenvalue weighted by atomic mass is 15.0. The van der Waals surface area contributed by atoms with E-state index in [-0.39, 0.29) is 0 Å². The molecule has 0 amide bonds. The van der Waals surface area contributed by atoms with Crippen LogP contribution < -0.4 is 0 Å². The Labute approximate surface area is 378 Å². The Morgan fingerprint density at radius 3 is 1.32 bits per heavy atom. The van der Waals surface area contributed by atoms with Gasteiger partial charge in [-0.1, -0.05) is 218 Å². The van der Waals surface area contributed by atoms with Crippen molar-refractivity contribution >= 4 is 10.9 Å². The number of hydrogen-bond donors (Lipinski definition) is 0. The number of aromatic nitrogens is 4. The molecule has 0 aliphatic heterocycles. The predicted molar refractivity (Wildman–Crippen MR) is 265 cm³/mol. The molecule has 0 saturated carbocycles. The fourth-order valence-corrected chi connectivity index (χ4v) is 9.78. The third-order valence-electron chi connectivity index (χ3n) is 12.8. The Hall–Kier alpha value is -8.60. The van der Waals surface area contributed by atoms with E-state index in [4.69, 9.17) is 19.9 Å². The Morgan fingerprint density at radius 2 is 0.723 bits per heavy atom. The van der Waals surface area contributed by atoms with Crippen LogP contribution in [-0.4, -0.2) is 19.9 Å². The summed E-state index contributed by atoms with van der Waals surface area (Å²) in [6.45, 7) is 0. The van der Waals surface area contributed by atoms with Crippen molar-refractivity contribution in [3.05, 3.63) is 265 Å². The van der Waals surface area contributed by atoms with Gasteiger partial charge in [-0.15, -0.1) is 0 Å². The molecule has 304 valence electrons. The second-order valence-electron chi connectivity index (χ2n) is 16.6. The molecule has 65 heavy (non-hydrogen) atoms. The summed E-state index contributed by atoms with van der Waals surface area (Å²) in [5.74, 6) is 1.87. The number of rotatable bonds is 8. The summed E-state index contributed by atoms with van der Waals surface area (Å²) >= 11 is 0. The van der Waals surface area contributed by atoms with Gasteiger partial charge in [0.15, 0.2) is 17.5 Å². The largest absolute Gasteiger partial charge is 0.248 e. The standard InChI is InChI=1S/C61H40N4/c1-6-19-41(20-7-1)42-33-35-43(36-34-42)56-39-51(46-25-18-26-47(37-46)60-64-58(44-21-8-2-9-22-44)63-59(65-60)45-23-10-3-11-24-45)53-38-52-50-31-16-17-32-54(50)61(48-27-12-4-13-28-48,49-29-14-5-15-30-49)55(52)40-57(53)62-56/h1-40H. The van der Waals surface area contributed by atoms with Crippen LogP contribution in [0, 0.1) is 0 Å². The summed E-state index contributed by atoms with van der Waals surface area (Å²) in [5.41, 5.74) is 16.9. The monoisotopic (exact) mass is 828 g/mol. The Bertz CT molecular complexity index is 3400. The Balaban J connectivity index is 1.10. The lowest BCUT2D eigenvalue weighted by molar-refractivity contribution is 0.769. The van der Waals surface area contributed by atoms with Crippen molar-refractivity contribution in [1.29, 1.82) is 0 Å². The van der Waals surface area contributed by atoms with Gasteiger partial charge < -0.3 is 0 Å². The fourth-order valence-electron chi connectivity index (χ4n) is 9.78. The Kier molecular flexibility index (Phi) is 9.35. The second kappa shape index (κ2) is 15.9. The topological polar surface area (TPSA) is 51.6 Å². The summed E-state index contributed by atoms with van der Waals surface area (Å²) in [6, 6.07) is 86.0.